The van der Waals surface area contributed by atoms with Gasteiger partial charge in [0.1, 0.15) is 5.54 Å². The largest absolute Gasteiger partial charge is 0.586 e. The van der Waals surface area contributed by atoms with Crippen molar-refractivity contribution in [1.29, 1.82) is 0 Å². The van der Waals surface area contributed by atoms with E-state index >= 15 is 0 Å². The quantitative estimate of drug-likeness (QED) is 0.780. The third kappa shape index (κ3) is 3.15. The fraction of sp³-hybridized carbons (Fsp3) is 0.471. The second kappa shape index (κ2) is 6.07. The van der Waals surface area contributed by atoms with Crippen molar-refractivity contribution in [2.45, 2.75) is 43.9 Å². The first-order valence-electron chi connectivity index (χ1n) is 8.62. The summed E-state index contributed by atoms with van der Waals surface area (Å²) in [5, 5.41) is 5.27. The Morgan fingerprint density at radius 1 is 1.19 bits per heavy atom. The fourth-order valence-corrected chi connectivity index (χ4v) is 3.66. The van der Waals surface area contributed by atoms with Gasteiger partial charge >= 0.3 is 12.3 Å². The number of ether oxygens (including phenoxy) is 2. The molecule has 0 atom stereocenters. The molecule has 27 heavy (non-hydrogen) atoms. The Morgan fingerprint density at radius 2 is 1.89 bits per heavy atom. The molecular weight excluding hydrogens is 364 g/mol. The Morgan fingerprint density at radius 3 is 2.63 bits per heavy atom. The van der Waals surface area contributed by atoms with E-state index < -0.39 is 23.8 Å². The van der Waals surface area contributed by atoms with Gasteiger partial charge in [0.2, 0.25) is 5.91 Å². The number of halogens is 2. The first-order valence-corrected chi connectivity index (χ1v) is 8.62. The van der Waals surface area contributed by atoms with Crippen molar-refractivity contribution in [3.63, 3.8) is 0 Å². The lowest BCUT2D eigenvalue weighted by Gasteiger charge is -2.19. The molecule has 1 aromatic rings. The van der Waals surface area contributed by atoms with Crippen LogP contribution in [0, 0.1) is 0 Å². The SMILES string of the molecule is O=C(CCN1C(=O)NC2(CCCC2)C1=O)Nc1ccc2c(c1)OC(F)(F)O2. The summed E-state index contributed by atoms with van der Waals surface area (Å²) in [7, 11) is 0. The zero-order chi connectivity index (χ0) is 19.2. The summed E-state index contributed by atoms with van der Waals surface area (Å²) in [5.74, 6) is -1.06. The lowest BCUT2D eigenvalue weighted by molar-refractivity contribution is -0.286. The van der Waals surface area contributed by atoms with E-state index in [2.05, 4.69) is 20.1 Å². The smallest absolute Gasteiger partial charge is 0.395 e. The maximum Gasteiger partial charge on any atom is 0.586 e. The van der Waals surface area contributed by atoms with Crippen molar-refractivity contribution in [1.82, 2.24) is 10.2 Å². The summed E-state index contributed by atoms with van der Waals surface area (Å²) in [6.45, 7) is -0.0547. The number of fused-ring (bicyclic) bond motifs is 1. The molecule has 4 rings (SSSR count). The Bertz CT molecular complexity index is 823. The highest BCUT2D eigenvalue weighted by molar-refractivity contribution is 6.07. The molecule has 2 fully saturated rings. The minimum Gasteiger partial charge on any atom is -0.395 e. The zero-order valence-electron chi connectivity index (χ0n) is 14.2. The van der Waals surface area contributed by atoms with Crippen LogP contribution in [0.5, 0.6) is 11.5 Å². The number of rotatable bonds is 4. The average Bonchev–Trinajstić information content (AvgIpc) is 3.23. The summed E-state index contributed by atoms with van der Waals surface area (Å²) in [6.07, 6.45) is -0.859. The van der Waals surface area contributed by atoms with E-state index in [1.807, 2.05) is 0 Å². The standard InChI is InChI=1S/C17H17F2N3O5/c18-17(19)26-11-4-3-10(9-12(11)27-17)20-13(23)5-8-22-14(24)16(21-15(22)25)6-1-2-7-16/h3-4,9H,1-2,5-8H2,(H,20,23)(H,21,25). The lowest BCUT2D eigenvalue weighted by Crippen LogP contribution is -2.44. The topological polar surface area (TPSA) is 97.0 Å². The molecular formula is C17H17F2N3O5. The van der Waals surface area contributed by atoms with Gasteiger partial charge in [-0.3, -0.25) is 14.5 Å². The Kier molecular flexibility index (Phi) is 3.93. The van der Waals surface area contributed by atoms with Gasteiger partial charge < -0.3 is 20.1 Å². The molecule has 144 valence electrons. The first kappa shape index (κ1) is 17.5. The van der Waals surface area contributed by atoms with Gasteiger partial charge in [0, 0.05) is 24.7 Å². The number of nitrogens with zero attached hydrogens (tertiary/aromatic N) is 1. The number of hydrogen-bond donors (Lipinski definition) is 2. The van der Waals surface area contributed by atoms with E-state index in [1.54, 1.807) is 0 Å². The second-order valence-electron chi connectivity index (χ2n) is 6.80. The molecule has 1 aliphatic carbocycles. The van der Waals surface area contributed by atoms with E-state index in [0.717, 1.165) is 17.7 Å². The van der Waals surface area contributed by atoms with E-state index in [9.17, 15) is 23.2 Å². The van der Waals surface area contributed by atoms with Crippen LogP contribution in [0.3, 0.4) is 0 Å². The van der Waals surface area contributed by atoms with E-state index in [1.165, 1.54) is 18.2 Å². The molecule has 0 aromatic heterocycles. The van der Waals surface area contributed by atoms with Gasteiger partial charge in [-0.15, -0.1) is 8.78 Å². The third-order valence-corrected chi connectivity index (χ3v) is 4.95. The average molecular weight is 381 g/mol. The van der Waals surface area contributed by atoms with Crippen molar-refractivity contribution in [2.75, 3.05) is 11.9 Å². The van der Waals surface area contributed by atoms with Crippen molar-refractivity contribution in [2.24, 2.45) is 0 Å². The number of carbonyl (C=O) groups excluding carboxylic acids is 3. The Balaban J connectivity index is 1.34. The number of urea groups is 1. The molecule has 10 heteroatoms. The van der Waals surface area contributed by atoms with Crippen LogP contribution >= 0.6 is 0 Å². The number of hydrogen-bond acceptors (Lipinski definition) is 5. The third-order valence-electron chi connectivity index (χ3n) is 4.95. The van der Waals surface area contributed by atoms with Crippen LogP contribution in [0.4, 0.5) is 19.3 Å². The Hall–Kier alpha value is -2.91. The molecule has 0 radical (unpaired) electrons. The molecule has 2 N–H and O–H groups in total. The second-order valence-corrected chi connectivity index (χ2v) is 6.80. The summed E-state index contributed by atoms with van der Waals surface area (Å²) in [4.78, 5) is 37.8. The van der Waals surface area contributed by atoms with Gasteiger partial charge in [0.05, 0.1) is 0 Å². The number of imide groups is 1. The monoisotopic (exact) mass is 381 g/mol. The highest BCUT2D eigenvalue weighted by Gasteiger charge is 2.52. The predicted octanol–water partition coefficient (Wildman–Crippen LogP) is 2.20. The maximum absolute atomic E-state index is 13.0. The van der Waals surface area contributed by atoms with E-state index in [0.29, 0.717) is 12.8 Å². The van der Waals surface area contributed by atoms with Gasteiger partial charge in [-0.25, -0.2) is 4.79 Å². The van der Waals surface area contributed by atoms with Crippen molar-refractivity contribution < 1.29 is 32.6 Å². The molecule has 4 amide bonds. The van der Waals surface area contributed by atoms with Crippen LogP contribution < -0.4 is 20.1 Å². The summed E-state index contributed by atoms with van der Waals surface area (Å²) in [5.41, 5.74) is -0.569. The van der Waals surface area contributed by atoms with Gasteiger partial charge in [-0.2, -0.15) is 0 Å². The maximum atomic E-state index is 13.0. The molecule has 0 unspecified atom stereocenters. The molecule has 3 aliphatic rings. The molecule has 2 aliphatic heterocycles. The minimum absolute atomic E-state index is 0.0547. The van der Waals surface area contributed by atoms with Gasteiger partial charge in [-0.05, 0) is 25.0 Å². The van der Waals surface area contributed by atoms with Crippen LogP contribution in [0.1, 0.15) is 32.1 Å². The van der Waals surface area contributed by atoms with E-state index in [-0.39, 0.29) is 36.1 Å². The first-order chi connectivity index (χ1) is 12.8. The van der Waals surface area contributed by atoms with Crippen molar-refractivity contribution >= 4 is 23.5 Å². The van der Waals surface area contributed by atoms with Crippen LogP contribution in [0.25, 0.3) is 0 Å². The molecule has 8 nitrogen and oxygen atoms in total. The number of anilines is 1. The highest BCUT2D eigenvalue weighted by atomic mass is 19.3. The number of benzene rings is 1. The number of amides is 4. The van der Waals surface area contributed by atoms with E-state index in [4.69, 9.17) is 0 Å². The summed E-state index contributed by atoms with van der Waals surface area (Å²) < 4.78 is 34.6. The van der Waals surface area contributed by atoms with Crippen molar-refractivity contribution in [3.8, 4) is 11.5 Å². The van der Waals surface area contributed by atoms with Crippen LogP contribution in [-0.2, 0) is 9.59 Å². The minimum atomic E-state index is -3.73. The van der Waals surface area contributed by atoms with Gasteiger partial charge in [-0.1, -0.05) is 12.8 Å². The fourth-order valence-electron chi connectivity index (χ4n) is 3.66. The number of carbonyl (C=O) groups is 3. The normalized spacial score (nSPS) is 21.6. The van der Waals surface area contributed by atoms with Crippen molar-refractivity contribution in [3.05, 3.63) is 18.2 Å². The molecule has 1 saturated carbocycles. The van der Waals surface area contributed by atoms with Crippen LogP contribution in [0.15, 0.2) is 18.2 Å². The molecule has 1 saturated heterocycles. The molecule has 1 aromatic carbocycles. The van der Waals surface area contributed by atoms with Crippen LogP contribution in [-0.4, -0.2) is 41.1 Å². The summed E-state index contributed by atoms with van der Waals surface area (Å²) in [6, 6.07) is 3.38. The number of alkyl halides is 2. The highest BCUT2D eigenvalue weighted by Crippen LogP contribution is 2.42. The zero-order valence-corrected chi connectivity index (χ0v) is 14.2. The molecule has 0 bridgehead atoms. The molecule has 1 spiro atoms. The number of nitrogens with one attached hydrogen (secondary N) is 2. The lowest BCUT2D eigenvalue weighted by atomic mass is 9.98. The van der Waals surface area contributed by atoms with Crippen LogP contribution in [0.2, 0.25) is 0 Å². The Labute approximate surface area is 152 Å². The summed E-state index contributed by atoms with van der Waals surface area (Å²) >= 11 is 0. The van der Waals surface area contributed by atoms with Gasteiger partial charge in [0.25, 0.3) is 5.91 Å². The predicted molar refractivity (Wildman–Crippen MR) is 87.3 cm³/mol. The molecule has 2 heterocycles. The van der Waals surface area contributed by atoms with Gasteiger partial charge in [0.15, 0.2) is 11.5 Å².